The van der Waals surface area contributed by atoms with Gasteiger partial charge in [0.05, 0.1) is 11.4 Å². The number of nitrogens with one attached hydrogen (secondary N) is 1. The van der Waals surface area contributed by atoms with Crippen LogP contribution in [0.2, 0.25) is 5.02 Å². The number of anilines is 1. The molecule has 1 saturated heterocycles. The lowest BCUT2D eigenvalue weighted by atomic mass is 9.95. The lowest BCUT2D eigenvalue weighted by Crippen LogP contribution is -2.42. The third-order valence-electron chi connectivity index (χ3n) is 4.84. The maximum atomic E-state index is 13.2. The summed E-state index contributed by atoms with van der Waals surface area (Å²) in [5.41, 5.74) is 2.62. The number of carbonyl (C=O) groups excluding carboxylic acids is 2. The van der Waals surface area contributed by atoms with E-state index in [1.165, 1.54) is 18.2 Å². The zero-order valence-electron chi connectivity index (χ0n) is 15.2. The molecule has 2 aromatic carbocycles. The lowest BCUT2D eigenvalue weighted by molar-refractivity contribution is -0.133. The second kappa shape index (κ2) is 8.53. The average molecular weight is 389 g/mol. The Labute approximate surface area is 163 Å². The van der Waals surface area contributed by atoms with E-state index in [0.717, 1.165) is 11.1 Å². The molecule has 0 unspecified atom stereocenters. The van der Waals surface area contributed by atoms with E-state index in [1.54, 1.807) is 0 Å². The SMILES string of the molecule is Cc1cccc(CC(=O)N2CCC(C(=O)Nc3ccc(F)c(Cl)c3)CC2)c1. The Kier molecular flexibility index (Phi) is 6.11. The van der Waals surface area contributed by atoms with Crippen LogP contribution in [0, 0.1) is 18.7 Å². The predicted molar refractivity (Wildman–Crippen MR) is 104 cm³/mol. The van der Waals surface area contributed by atoms with Crippen molar-refractivity contribution in [3.05, 3.63) is 64.4 Å². The maximum Gasteiger partial charge on any atom is 0.227 e. The van der Waals surface area contributed by atoms with Crippen molar-refractivity contribution in [1.82, 2.24) is 4.90 Å². The van der Waals surface area contributed by atoms with Crippen molar-refractivity contribution in [2.45, 2.75) is 26.2 Å². The molecule has 1 heterocycles. The minimum Gasteiger partial charge on any atom is -0.342 e. The first-order valence-corrected chi connectivity index (χ1v) is 9.39. The van der Waals surface area contributed by atoms with Gasteiger partial charge in [-0.05, 0) is 43.5 Å². The molecule has 0 aliphatic carbocycles. The van der Waals surface area contributed by atoms with Crippen LogP contribution in [0.4, 0.5) is 10.1 Å². The van der Waals surface area contributed by atoms with Gasteiger partial charge < -0.3 is 10.2 Å². The summed E-state index contributed by atoms with van der Waals surface area (Å²) in [5, 5.41) is 2.75. The van der Waals surface area contributed by atoms with Gasteiger partial charge >= 0.3 is 0 Å². The van der Waals surface area contributed by atoms with Crippen LogP contribution < -0.4 is 5.32 Å². The highest BCUT2D eigenvalue weighted by Gasteiger charge is 2.27. The number of piperidine rings is 1. The number of nitrogens with zero attached hydrogens (tertiary/aromatic N) is 1. The molecule has 1 aliphatic rings. The Balaban J connectivity index is 1.51. The predicted octanol–water partition coefficient (Wildman–Crippen LogP) is 4.21. The molecule has 0 spiro atoms. The summed E-state index contributed by atoms with van der Waals surface area (Å²) in [6.45, 7) is 3.13. The zero-order valence-corrected chi connectivity index (χ0v) is 15.9. The van der Waals surface area contributed by atoms with Crippen molar-refractivity contribution in [2.24, 2.45) is 5.92 Å². The van der Waals surface area contributed by atoms with Crippen LogP contribution in [0.3, 0.4) is 0 Å². The van der Waals surface area contributed by atoms with Crippen LogP contribution in [-0.4, -0.2) is 29.8 Å². The second-order valence-electron chi connectivity index (χ2n) is 6.94. The standard InChI is InChI=1S/C21H22ClFN2O2/c1-14-3-2-4-15(11-14)12-20(26)25-9-7-16(8-10-25)21(27)24-17-5-6-19(23)18(22)13-17/h2-6,11,13,16H,7-10,12H2,1H3,(H,24,27). The summed E-state index contributed by atoms with van der Waals surface area (Å²) in [6, 6.07) is 12.0. The van der Waals surface area contributed by atoms with Crippen molar-refractivity contribution in [3.63, 3.8) is 0 Å². The van der Waals surface area contributed by atoms with Crippen LogP contribution in [0.1, 0.15) is 24.0 Å². The molecule has 1 N–H and O–H groups in total. The van der Waals surface area contributed by atoms with E-state index in [9.17, 15) is 14.0 Å². The third-order valence-corrected chi connectivity index (χ3v) is 5.13. The van der Waals surface area contributed by atoms with Gasteiger partial charge in [0.25, 0.3) is 0 Å². The van der Waals surface area contributed by atoms with Gasteiger partial charge in [0, 0.05) is 24.7 Å². The molecule has 142 valence electrons. The number of hydrogen-bond donors (Lipinski definition) is 1. The summed E-state index contributed by atoms with van der Waals surface area (Å²) < 4.78 is 13.2. The molecule has 6 heteroatoms. The van der Waals surface area contributed by atoms with Crippen LogP contribution in [0.25, 0.3) is 0 Å². The highest BCUT2D eigenvalue weighted by Crippen LogP contribution is 2.23. The molecule has 1 aliphatic heterocycles. The summed E-state index contributed by atoms with van der Waals surface area (Å²) >= 11 is 5.74. The van der Waals surface area contributed by atoms with E-state index in [0.29, 0.717) is 38.0 Å². The van der Waals surface area contributed by atoms with Gasteiger partial charge in [0.1, 0.15) is 5.82 Å². The normalized spacial score (nSPS) is 14.9. The first-order valence-electron chi connectivity index (χ1n) is 9.01. The number of likely N-dealkylation sites (tertiary alicyclic amines) is 1. The molecule has 0 atom stereocenters. The van der Waals surface area contributed by atoms with Crippen molar-refractivity contribution in [2.75, 3.05) is 18.4 Å². The van der Waals surface area contributed by atoms with Crippen LogP contribution in [0.5, 0.6) is 0 Å². The van der Waals surface area contributed by atoms with Crippen LogP contribution >= 0.6 is 11.6 Å². The first kappa shape index (κ1) is 19.4. The van der Waals surface area contributed by atoms with Crippen molar-refractivity contribution in [3.8, 4) is 0 Å². The molecule has 2 amide bonds. The van der Waals surface area contributed by atoms with E-state index in [4.69, 9.17) is 11.6 Å². The van der Waals surface area contributed by atoms with E-state index in [2.05, 4.69) is 5.32 Å². The molecular formula is C21H22ClFN2O2. The van der Waals surface area contributed by atoms with Crippen molar-refractivity contribution >= 4 is 29.1 Å². The van der Waals surface area contributed by atoms with Gasteiger partial charge in [-0.3, -0.25) is 9.59 Å². The van der Waals surface area contributed by atoms with Crippen molar-refractivity contribution < 1.29 is 14.0 Å². The molecule has 1 fully saturated rings. The van der Waals surface area contributed by atoms with Gasteiger partial charge in [-0.15, -0.1) is 0 Å². The van der Waals surface area contributed by atoms with E-state index >= 15 is 0 Å². The highest BCUT2D eigenvalue weighted by molar-refractivity contribution is 6.31. The summed E-state index contributed by atoms with van der Waals surface area (Å²) in [6.07, 6.45) is 1.60. The van der Waals surface area contributed by atoms with Gasteiger partial charge in [-0.2, -0.15) is 0 Å². The largest absolute Gasteiger partial charge is 0.342 e. The zero-order chi connectivity index (χ0) is 19.4. The topological polar surface area (TPSA) is 49.4 Å². The third kappa shape index (κ3) is 5.07. The number of benzene rings is 2. The Morgan fingerprint density at radius 1 is 1.19 bits per heavy atom. The molecule has 2 aromatic rings. The summed E-state index contributed by atoms with van der Waals surface area (Å²) in [4.78, 5) is 26.7. The average Bonchev–Trinajstić information content (AvgIpc) is 2.65. The molecule has 0 radical (unpaired) electrons. The number of amides is 2. The number of halogens is 2. The Hall–Kier alpha value is -2.40. The maximum absolute atomic E-state index is 13.2. The Bertz CT molecular complexity index is 848. The Morgan fingerprint density at radius 2 is 1.93 bits per heavy atom. The van der Waals surface area contributed by atoms with E-state index < -0.39 is 5.82 Å². The van der Waals surface area contributed by atoms with E-state index in [-0.39, 0.29) is 22.8 Å². The minimum absolute atomic E-state index is 0.0237. The summed E-state index contributed by atoms with van der Waals surface area (Å²) in [5.74, 6) is -0.722. The quantitative estimate of drug-likeness (QED) is 0.853. The first-order chi connectivity index (χ1) is 12.9. The molecule has 3 rings (SSSR count). The fraction of sp³-hybridized carbons (Fsp3) is 0.333. The smallest absolute Gasteiger partial charge is 0.227 e. The van der Waals surface area contributed by atoms with Gasteiger partial charge in [-0.25, -0.2) is 4.39 Å². The van der Waals surface area contributed by atoms with Crippen LogP contribution in [0.15, 0.2) is 42.5 Å². The molecular weight excluding hydrogens is 367 g/mol. The summed E-state index contributed by atoms with van der Waals surface area (Å²) in [7, 11) is 0. The highest BCUT2D eigenvalue weighted by atomic mass is 35.5. The Morgan fingerprint density at radius 3 is 2.59 bits per heavy atom. The fourth-order valence-electron chi connectivity index (χ4n) is 3.32. The molecule has 4 nitrogen and oxygen atoms in total. The lowest BCUT2D eigenvalue weighted by Gasteiger charge is -2.31. The van der Waals surface area contributed by atoms with Crippen molar-refractivity contribution in [1.29, 1.82) is 0 Å². The molecule has 0 aromatic heterocycles. The molecule has 0 bridgehead atoms. The molecule has 0 saturated carbocycles. The number of rotatable bonds is 4. The van der Waals surface area contributed by atoms with E-state index in [1.807, 2.05) is 36.1 Å². The number of hydrogen-bond acceptors (Lipinski definition) is 2. The second-order valence-corrected chi connectivity index (χ2v) is 7.35. The van der Waals surface area contributed by atoms with Gasteiger partial charge in [0.15, 0.2) is 0 Å². The molecule has 27 heavy (non-hydrogen) atoms. The monoisotopic (exact) mass is 388 g/mol. The van der Waals surface area contributed by atoms with Gasteiger partial charge in [0.2, 0.25) is 11.8 Å². The van der Waals surface area contributed by atoms with Crippen LogP contribution in [-0.2, 0) is 16.0 Å². The van der Waals surface area contributed by atoms with Gasteiger partial charge in [-0.1, -0.05) is 41.4 Å². The number of carbonyl (C=O) groups is 2. The number of aryl methyl sites for hydroxylation is 1. The fourth-order valence-corrected chi connectivity index (χ4v) is 3.50. The minimum atomic E-state index is -0.518.